The van der Waals surface area contributed by atoms with Crippen molar-refractivity contribution >= 4 is 39.8 Å². The number of methoxy groups -OCH3 is 1. The topological polar surface area (TPSA) is 97.2 Å². The molecule has 102 valence electrons. The maximum absolute atomic E-state index is 12.0. The van der Waals surface area contributed by atoms with Gasteiger partial charge in [-0.2, -0.15) is 0 Å². The summed E-state index contributed by atoms with van der Waals surface area (Å²) in [5.41, 5.74) is 7.10. The van der Waals surface area contributed by atoms with E-state index in [1.54, 1.807) is 31.5 Å². The molecule has 1 aliphatic rings. The first-order valence-corrected chi connectivity index (χ1v) is 6.60. The van der Waals surface area contributed by atoms with Crippen LogP contribution in [0.4, 0.5) is 5.00 Å². The lowest BCUT2D eigenvalue weighted by molar-refractivity contribution is -0.110. The molecule has 7 heteroatoms. The van der Waals surface area contributed by atoms with Crippen LogP contribution >= 0.6 is 11.3 Å². The fourth-order valence-corrected chi connectivity index (χ4v) is 2.96. The highest BCUT2D eigenvalue weighted by atomic mass is 32.1. The molecule has 0 radical (unpaired) electrons. The maximum Gasteiger partial charge on any atom is 0.258 e. The second-order valence-electron chi connectivity index (χ2n) is 4.19. The summed E-state index contributed by atoms with van der Waals surface area (Å²) in [5, 5.41) is 3.36. The second-order valence-corrected chi connectivity index (χ2v) is 5.24. The van der Waals surface area contributed by atoms with Crippen LogP contribution in [0.5, 0.6) is 5.75 Å². The summed E-state index contributed by atoms with van der Waals surface area (Å²) in [6, 6.07) is 3.39. The normalized spacial score (nSPS) is 15.2. The molecule has 0 bridgehead atoms. The number of carbonyl (C=O) groups is 2. The lowest BCUT2D eigenvalue weighted by atomic mass is 10.1. The number of anilines is 1. The Bertz CT molecular complexity index is 742. The van der Waals surface area contributed by atoms with Gasteiger partial charge in [0.15, 0.2) is 0 Å². The van der Waals surface area contributed by atoms with Gasteiger partial charge in [-0.1, -0.05) is 0 Å². The molecule has 3 rings (SSSR count). The minimum Gasteiger partial charge on any atom is -0.495 e. The molecule has 2 aromatic rings. The van der Waals surface area contributed by atoms with E-state index in [-0.39, 0.29) is 5.91 Å². The average molecular weight is 289 g/mol. The maximum atomic E-state index is 12.0. The fourth-order valence-electron chi connectivity index (χ4n) is 2.04. The summed E-state index contributed by atoms with van der Waals surface area (Å²) in [5.74, 6) is -0.0709. The third-order valence-corrected chi connectivity index (χ3v) is 4.05. The predicted octanol–water partition coefficient (Wildman–Crippen LogP) is 1.68. The highest BCUT2D eigenvalue weighted by Gasteiger charge is 2.28. The monoisotopic (exact) mass is 289 g/mol. The molecule has 0 unspecified atom stereocenters. The van der Waals surface area contributed by atoms with Gasteiger partial charge < -0.3 is 20.8 Å². The van der Waals surface area contributed by atoms with E-state index in [2.05, 4.69) is 10.3 Å². The zero-order valence-electron chi connectivity index (χ0n) is 10.5. The number of fused-ring (bicyclic) bond motifs is 1. The van der Waals surface area contributed by atoms with E-state index in [0.717, 1.165) is 0 Å². The van der Waals surface area contributed by atoms with Gasteiger partial charge in [-0.05, 0) is 18.2 Å². The highest BCUT2D eigenvalue weighted by Crippen LogP contribution is 2.40. The third kappa shape index (κ3) is 1.88. The first-order chi connectivity index (χ1) is 9.60. The molecule has 6 nitrogen and oxygen atoms in total. The number of H-pyrrole nitrogens is 1. The van der Waals surface area contributed by atoms with E-state index < -0.39 is 5.91 Å². The molecular weight excluding hydrogens is 278 g/mol. The van der Waals surface area contributed by atoms with Crippen LogP contribution in [0.3, 0.4) is 0 Å². The Morgan fingerprint density at radius 3 is 3.00 bits per heavy atom. The van der Waals surface area contributed by atoms with Gasteiger partial charge >= 0.3 is 0 Å². The fraction of sp³-hybridized carbons (Fsp3) is 0.0769. The SMILES string of the molecule is COc1cc[nH]c1C=C1C(=O)Nc2sc(C(N)=O)cc21. The van der Waals surface area contributed by atoms with Crippen molar-refractivity contribution in [3.8, 4) is 5.75 Å². The van der Waals surface area contributed by atoms with Gasteiger partial charge in [0.1, 0.15) is 10.8 Å². The van der Waals surface area contributed by atoms with Crippen LogP contribution in [0.15, 0.2) is 18.3 Å². The number of rotatable bonds is 3. The quantitative estimate of drug-likeness (QED) is 0.750. The van der Waals surface area contributed by atoms with Crippen molar-refractivity contribution in [3.63, 3.8) is 0 Å². The van der Waals surface area contributed by atoms with Crippen molar-refractivity contribution in [2.24, 2.45) is 5.73 Å². The smallest absolute Gasteiger partial charge is 0.258 e. The van der Waals surface area contributed by atoms with Gasteiger partial charge in [-0.3, -0.25) is 9.59 Å². The number of nitrogens with two attached hydrogens (primary N) is 1. The van der Waals surface area contributed by atoms with Crippen LogP contribution in [0.25, 0.3) is 11.6 Å². The summed E-state index contributed by atoms with van der Waals surface area (Å²) >= 11 is 1.17. The summed E-state index contributed by atoms with van der Waals surface area (Å²) in [4.78, 5) is 26.6. The predicted molar refractivity (Wildman–Crippen MR) is 76.7 cm³/mol. The van der Waals surface area contributed by atoms with Gasteiger partial charge in [-0.25, -0.2) is 0 Å². The first kappa shape index (κ1) is 12.5. The number of thiophene rings is 1. The summed E-state index contributed by atoms with van der Waals surface area (Å²) in [6.07, 6.45) is 3.42. The number of ether oxygens (including phenoxy) is 1. The number of aromatic nitrogens is 1. The number of aromatic amines is 1. The van der Waals surface area contributed by atoms with E-state index in [4.69, 9.17) is 10.5 Å². The van der Waals surface area contributed by atoms with E-state index in [0.29, 0.717) is 32.5 Å². The molecule has 0 atom stereocenters. The Labute approximate surface area is 118 Å². The molecular formula is C13H11N3O3S. The Morgan fingerprint density at radius 2 is 2.30 bits per heavy atom. The molecule has 2 aromatic heterocycles. The van der Waals surface area contributed by atoms with Crippen molar-refractivity contribution in [3.05, 3.63) is 34.5 Å². The van der Waals surface area contributed by atoms with Crippen LogP contribution in [0.2, 0.25) is 0 Å². The Morgan fingerprint density at radius 1 is 1.50 bits per heavy atom. The van der Waals surface area contributed by atoms with E-state index in [9.17, 15) is 9.59 Å². The summed E-state index contributed by atoms with van der Waals surface area (Å²) in [7, 11) is 1.56. The zero-order chi connectivity index (χ0) is 14.3. The van der Waals surface area contributed by atoms with Crippen molar-refractivity contribution in [1.82, 2.24) is 4.98 Å². The largest absolute Gasteiger partial charge is 0.495 e. The molecule has 0 fully saturated rings. The number of hydrogen-bond donors (Lipinski definition) is 3. The van der Waals surface area contributed by atoms with Crippen molar-refractivity contribution in [2.45, 2.75) is 0 Å². The average Bonchev–Trinajstić information content (AvgIpc) is 3.06. The van der Waals surface area contributed by atoms with E-state index in [1.165, 1.54) is 11.3 Å². The molecule has 0 aromatic carbocycles. The van der Waals surface area contributed by atoms with Gasteiger partial charge in [0.05, 0.1) is 23.3 Å². The Kier molecular flexibility index (Phi) is 2.83. The molecule has 0 aliphatic carbocycles. The first-order valence-electron chi connectivity index (χ1n) is 5.78. The zero-order valence-corrected chi connectivity index (χ0v) is 11.3. The van der Waals surface area contributed by atoms with E-state index >= 15 is 0 Å². The molecule has 1 aliphatic heterocycles. The number of carbonyl (C=O) groups excluding carboxylic acids is 2. The molecule has 20 heavy (non-hydrogen) atoms. The number of hydrogen-bond acceptors (Lipinski definition) is 4. The molecule has 0 spiro atoms. The Balaban J connectivity index is 2.07. The summed E-state index contributed by atoms with van der Waals surface area (Å²) in [6.45, 7) is 0. The Hall–Kier alpha value is -2.54. The molecule has 0 saturated carbocycles. The summed E-state index contributed by atoms with van der Waals surface area (Å²) < 4.78 is 5.18. The van der Waals surface area contributed by atoms with Gasteiger partial charge in [0.25, 0.3) is 11.8 Å². The second kappa shape index (κ2) is 4.53. The van der Waals surface area contributed by atoms with Crippen molar-refractivity contribution < 1.29 is 14.3 Å². The number of nitrogens with one attached hydrogen (secondary N) is 2. The van der Waals surface area contributed by atoms with Gasteiger partial charge in [-0.15, -0.1) is 11.3 Å². The van der Waals surface area contributed by atoms with Crippen LogP contribution in [-0.2, 0) is 4.79 Å². The number of amides is 2. The third-order valence-electron chi connectivity index (χ3n) is 2.98. The molecule has 2 amide bonds. The van der Waals surface area contributed by atoms with Crippen LogP contribution in [-0.4, -0.2) is 23.9 Å². The van der Waals surface area contributed by atoms with Crippen molar-refractivity contribution in [1.29, 1.82) is 0 Å². The molecule has 4 N–H and O–H groups in total. The van der Waals surface area contributed by atoms with Gasteiger partial charge in [0, 0.05) is 11.8 Å². The van der Waals surface area contributed by atoms with Crippen LogP contribution < -0.4 is 15.8 Å². The standard InChI is InChI=1S/C13H11N3O3S/c1-19-9-2-3-15-8(9)4-6-7-5-10(11(14)17)20-13(7)16-12(6)18/h2-5,15H,1H3,(H2,14,17)(H,16,18). The van der Waals surface area contributed by atoms with Crippen LogP contribution in [0.1, 0.15) is 20.9 Å². The van der Waals surface area contributed by atoms with Crippen molar-refractivity contribution in [2.75, 3.05) is 12.4 Å². The van der Waals surface area contributed by atoms with Gasteiger partial charge in [0.2, 0.25) is 0 Å². The lowest BCUT2D eigenvalue weighted by Crippen LogP contribution is -2.09. The van der Waals surface area contributed by atoms with E-state index in [1.807, 2.05) is 0 Å². The molecule has 0 saturated heterocycles. The number of primary amides is 1. The highest BCUT2D eigenvalue weighted by molar-refractivity contribution is 7.18. The lowest BCUT2D eigenvalue weighted by Gasteiger charge is -1.99. The van der Waals surface area contributed by atoms with Crippen LogP contribution in [0, 0.1) is 0 Å². The minimum absolute atomic E-state index is 0.209. The minimum atomic E-state index is -0.504. The molecule has 3 heterocycles.